The van der Waals surface area contributed by atoms with Crippen LogP contribution in [-0.2, 0) is 21.2 Å². The van der Waals surface area contributed by atoms with E-state index in [4.69, 9.17) is 0 Å². The van der Waals surface area contributed by atoms with Crippen LogP contribution in [0.15, 0.2) is 51.4 Å². The summed E-state index contributed by atoms with van der Waals surface area (Å²) < 4.78 is 29.0. The number of carbonyl (C=O) groups is 1. The molecular weight excluding hydrogens is 402 g/mol. The molecule has 0 bridgehead atoms. The van der Waals surface area contributed by atoms with E-state index in [-0.39, 0.29) is 17.2 Å². The van der Waals surface area contributed by atoms with Gasteiger partial charge in [0.15, 0.2) is 6.19 Å². The molecule has 1 aromatic carbocycles. The number of nitriles is 1. The van der Waals surface area contributed by atoms with Crippen molar-refractivity contribution in [3.8, 4) is 6.19 Å². The maximum atomic E-state index is 12.8. The van der Waals surface area contributed by atoms with E-state index in [1.54, 1.807) is 18.4 Å². The van der Waals surface area contributed by atoms with Crippen LogP contribution in [0.4, 0.5) is 0 Å². The fraction of sp³-hybridized carbons (Fsp3) is 0.222. The van der Waals surface area contributed by atoms with Gasteiger partial charge in [-0.3, -0.25) is 4.79 Å². The molecule has 140 valence electrons. The Kier molecular flexibility index (Phi) is 5.92. The summed E-state index contributed by atoms with van der Waals surface area (Å²) in [6.07, 6.45) is 2.00. The van der Waals surface area contributed by atoms with Gasteiger partial charge in [-0.05, 0) is 47.2 Å². The number of nitrogens with one attached hydrogen (secondary N) is 1. The molecule has 1 amide bonds. The average Bonchev–Trinajstić information content (AvgIpc) is 3.33. The van der Waals surface area contributed by atoms with Gasteiger partial charge >= 0.3 is 0 Å². The number of rotatable bonds is 7. The molecule has 0 aliphatic heterocycles. The first-order chi connectivity index (χ1) is 13.0. The summed E-state index contributed by atoms with van der Waals surface area (Å²) in [5.41, 5.74) is 0.872. The Morgan fingerprint density at radius 1 is 1.26 bits per heavy atom. The van der Waals surface area contributed by atoms with Crippen molar-refractivity contribution in [2.45, 2.75) is 23.6 Å². The number of thiophene rings is 2. The predicted molar refractivity (Wildman–Crippen MR) is 107 cm³/mol. The minimum atomic E-state index is -3.85. The Morgan fingerprint density at radius 2 is 2.04 bits per heavy atom. The second kappa shape index (κ2) is 8.19. The Morgan fingerprint density at radius 3 is 2.70 bits per heavy atom. The van der Waals surface area contributed by atoms with Crippen molar-refractivity contribution < 1.29 is 13.2 Å². The summed E-state index contributed by atoms with van der Waals surface area (Å²) in [6.45, 7) is 1.85. The van der Waals surface area contributed by atoms with Gasteiger partial charge in [0.05, 0.1) is 0 Å². The van der Waals surface area contributed by atoms with E-state index < -0.39 is 22.0 Å². The molecule has 0 fully saturated rings. The molecule has 9 heteroatoms. The van der Waals surface area contributed by atoms with Crippen molar-refractivity contribution in [2.24, 2.45) is 0 Å². The molecule has 1 unspecified atom stereocenters. The maximum Gasteiger partial charge on any atom is 0.254 e. The zero-order valence-corrected chi connectivity index (χ0v) is 16.9. The lowest BCUT2D eigenvalue weighted by atomic mass is 10.0. The van der Waals surface area contributed by atoms with Gasteiger partial charge in [0, 0.05) is 11.2 Å². The van der Waals surface area contributed by atoms with Crippen molar-refractivity contribution in [1.29, 1.82) is 5.26 Å². The predicted octanol–water partition coefficient (Wildman–Crippen LogP) is 3.18. The summed E-state index contributed by atoms with van der Waals surface area (Å²) in [4.78, 5) is 13.8. The van der Waals surface area contributed by atoms with Crippen molar-refractivity contribution in [1.82, 2.24) is 9.62 Å². The van der Waals surface area contributed by atoms with E-state index in [9.17, 15) is 18.5 Å². The molecule has 0 saturated carbocycles. The molecular formula is C18H17N3O3S3. The zero-order chi connectivity index (χ0) is 19.4. The first-order valence-corrected chi connectivity index (χ1v) is 11.4. The van der Waals surface area contributed by atoms with Crippen molar-refractivity contribution in [3.05, 3.63) is 52.7 Å². The first-order valence-electron chi connectivity index (χ1n) is 8.18. The van der Waals surface area contributed by atoms with Crippen LogP contribution in [-0.4, -0.2) is 31.8 Å². The molecule has 1 N–H and O–H groups in total. The molecule has 6 nitrogen and oxygen atoms in total. The summed E-state index contributed by atoms with van der Waals surface area (Å²) in [5.74, 6) is -0.560. The number of fused-ring (bicyclic) bond motifs is 1. The third kappa shape index (κ3) is 4.20. The fourth-order valence-electron chi connectivity index (χ4n) is 2.72. The molecule has 2 heterocycles. The molecule has 2 aromatic heterocycles. The van der Waals surface area contributed by atoms with E-state index in [1.807, 2.05) is 35.8 Å². The number of sulfonamides is 1. The van der Waals surface area contributed by atoms with Crippen LogP contribution in [0.5, 0.6) is 0 Å². The molecule has 0 saturated heterocycles. The molecule has 0 aliphatic rings. The minimum Gasteiger partial charge on any atom is -0.272 e. The summed E-state index contributed by atoms with van der Waals surface area (Å²) in [7, 11) is -3.85. The highest BCUT2D eigenvalue weighted by Crippen LogP contribution is 2.27. The van der Waals surface area contributed by atoms with Gasteiger partial charge in [0.1, 0.15) is 10.3 Å². The lowest BCUT2D eigenvalue weighted by Crippen LogP contribution is -2.48. The van der Waals surface area contributed by atoms with E-state index in [0.717, 1.165) is 31.9 Å². The van der Waals surface area contributed by atoms with E-state index in [0.29, 0.717) is 0 Å². The molecule has 3 rings (SSSR count). The van der Waals surface area contributed by atoms with Crippen LogP contribution in [0.2, 0.25) is 0 Å². The van der Waals surface area contributed by atoms with Gasteiger partial charge in [0.25, 0.3) is 15.9 Å². The lowest BCUT2D eigenvalue weighted by molar-refractivity contribution is -0.129. The Balaban J connectivity index is 1.95. The molecule has 27 heavy (non-hydrogen) atoms. The summed E-state index contributed by atoms with van der Waals surface area (Å²) >= 11 is 2.61. The number of nitrogens with zero attached hydrogens (tertiary/aromatic N) is 2. The van der Waals surface area contributed by atoms with E-state index in [1.165, 1.54) is 17.4 Å². The van der Waals surface area contributed by atoms with Crippen LogP contribution >= 0.6 is 22.7 Å². The second-order valence-corrected chi connectivity index (χ2v) is 9.55. The molecule has 0 aliphatic carbocycles. The SMILES string of the molecule is CCN(C#N)C(=O)C(Cc1csc2ccccc12)NS(=O)(=O)c1cccs1. The van der Waals surface area contributed by atoms with E-state index in [2.05, 4.69) is 4.72 Å². The number of carbonyl (C=O) groups excluding carboxylic acids is 1. The second-order valence-electron chi connectivity index (χ2n) is 5.75. The highest BCUT2D eigenvalue weighted by molar-refractivity contribution is 7.91. The molecule has 1 atom stereocenters. The van der Waals surface area contributed by atoms with Gasteiger partial charge in [0.2, 0.25) is 0 Å². The quantitative estimate of drug-likeness (QED) is 0.470. The maximum absolute atomic E-state index is 12.8. The Labute approximate surface area is 165 Å². The van der Waals surface area contributed by atoms with Crippen LogP contribution in [0.3, 0.4) is 0 Å². The molecule has 0 radical (unpaired) electrons. The third-order valence-electron chi connectivity index (χ3n) is 4.04. The highest BCUT2D eigenvalue weighted by atomic mass is 32.2. The highest BCUT2D eigenvalue weighted by Gasteiger charge is 2.30. The number of benzene rings is 1. The number of amides is 1. The lowest BCUT2D eigenvalue weighted by Gasteiger charge is -2.21. The van der Waals surface area contributed by atoms with Gasteiger partial charge in [-0.25, -0.2) is 13.3 Å². The standard InChI is InChI=1S/C18H17N3O3S3/c1-2-21(12-19)18(22)15(20-27(23,24)17-8-5-9-25-17)10-13-11-26-16-7-4-3-6-14(13)16/h3-9,11,15,20H,2,10H2,1H3. The fourth-order valence-corrected chi connectivity index (χ4v) is 5.89. The number of likely N-dealkylation sites (N-methyl/N-ethyl adjacent to an activating group) is 1. The smallest absolute Gasteiger partial charge is 0.254 e. The first kappa shape index (κ1) is 19.5. The van der Waals surface area contributed by atoms with Gasteiger partial charge in [-0.2, -0.15) is 9.98 Å². The number of hydrogen-bond donors (Lipinski definition) is 1. The Bertz CT molecular complexity index is 1080. The van der Waals surface area contributed by atoms with Crippen molar-refractivity contribution in [3.63, 3.8) is 0 Å². The number of hydrogen-bond acceptors (Lipinski definition) is 6. The third-order valence-corrected chi connectivity index (χ3v) is 7.93. The normalized spacial score (nSPS) is 12.6. The molecule has 3 aromatic rings. The van der Waals surface area contributed by atoms with Crippen molar-refractivity contribution in [2.75, 3.05) is 6.54 Å². The zero-order valence-electron chi connectivity index (χ0n) is 14.5. The largest absolute Gasteiger partial charge is 0.272 e. The monoisotopic (exact) mass is 419 g/mol. The van der Waals surface area contributed by atoms with Crippen LogP contribution in [0.1, 0.15) is 12.5 Å². The van der Waals surface area contributed by atoms with Gasteiger partial charge in [-0.1, -0.05) is 24.3 Å². The molecule has 0 spiro atoms. The summed E-state index contributed by atoms with van der Waals surface area (Å²) in [5, 5.41) is 13.8. The van der Waals surface area contributed by atoms with Crippen LogP contribution < -0.4 is 4.72 Å². The topological polar surface area (TPSA) is 90.3 Å². The minimum absolute atomic E-state index is 0.135. The van der Waals surface area contributed by atoms with Crippen LogP contribution in [0, 0.1) is 11.5 Å². The van der Waals surface area contributed by atoms with Crippen LogP contribution in [0.25, 0.3) is 10.1 Å². The average molecular weight is 420 g/mol. The van der Waals surface area contributed by atoms with Gasteiger partial charge in [-0.15, -0.1) is 22.7 Å². The van der Waals surface area contributed by atoms with Crippen molar-refractivity contribution >= 4 is 48.7 Å². The Hall–Kier alpha value is -2.25. The van der Waals surface area contributed by atoms with E-state index >= 15 is 0 Å². The summed E-state index contributed by atoms with van der Waals surface area (Å²) in [6, 6.07) is 9.81. The van der Waals surface area contributed by atoms with Gasteiger partial charge < -0.3 is 0 Å².